The van der Waals surface area contributed by atoms with Crippen molar-refractivity contribution in [1.29, 1.82) is 0 Å². The maximum Gasteiger partial charge on any atom is 0.514 e. The summed E-state index contributed by atoms with van der Waals surface area (Å²) in [6.45, 7) is 0.922. The second-order valence-electron chi connectivity index (χ2n) is 5.05. The van der Waals surface area contributed by atoms with E-state index in [1.54, 1.807) is 0 Å². The summed E-state index contributed by atoms with van der Waals surface area (Å²) in [5.74, 6) is -0.102. The molecule has 0 amide bonds. The maximum absolute atomic E-state index is 11.8. The lowest BCUT2D eigenvalue weighted by molar-refractivity contribution is -0.0907. The molecule has 3 atom stereocenters. The van der Waals surface area contributed by atoms with Gasteiger partial charge in [-0.2, -0.15) is 0 Å². The Labute approximate surface area is 127 Å². The van der Waals surface area contributed by atoms with E-state index in [2.05, 4.69) is 4.74 Å². The molecule has 2 fully saturated rings. The van der Waals surface area contributed by atoms with Gasteiger partial charge < -0.3 is 23.7 Å². The van der Waals surface area contributed by atoms with Gasteiger partial charge in [0, 0.05) is 0 Å². The average Bonchev–Trinajstić information content (AvgIpc) is 3.12. The van der Waals surface area contributed by atoms with Crippen LogP contribution in [0.25, 0.3) is 0 Å². The highest BCUT2D eigenvalue weighted by atomic mass is 16.8. The lowest BCUT2D eigenvalue weighted by Crippen LogP contribution is -2.27. The molecule has 1 aromatic carbocycles. The summed E-state index contributed by atoms with van der Waals surface area (Å²) in [5, 5.41) is 0. The van der Waals surface area contributed by atoms with E-state index in [9.17, 15) is 9.59 Å². The zero-order valence-corrected chi connectivity index (χ0v) is 12.0. The SMILES string of the molecule is COC(=O)c1ccc(OC(=O)O[C@H]2COC3OCC[C@H]32)cc1. The first kappa shape index (κ1) is 14.8. The molecule has 7 nitrogen and oxygen atoms in total. The Morgan fingerprint density at radius 2 is 1.95 bits per heavy atom. The summed E-state index contributed by atoms with van der Waals surface area (Å²) in [4.78, 5) is 23.1. The molecular weight excluding hydrogens is 292 g/mol. The van der Waals surface area contributed by atoms with Crippen LogP contribution in [0.5, 0.6) is 5.75 Å². The molecule has 1 unspecified atom stereocenters. The third-order valence-corrected chi connectivity index (χ3v) is 3.71. The van der Waals surface area contributed by atoms with Crippen LogP contribution in [0.3, 0.4) is 0 Å². The van der Waals surface area contributed by atoms with Crippen molar-refractivity contribution in [2.24, 2.45) is 5.92 Å². The van der Waals surface area contributed by atoms with Crippen molar-refractivity contribution in [1.82, 2.24) is 0 Å². The van der Waals surface area contributed by atoms with Gasteiger partial charge in [0.25, 0.3) is 0 Å². The van der Waals surface area contributed by atoms with Gasteiger partial charge in [0.1, 0.15) is 11.9 Å². The first-order valence-corrected chi connectivity index (χ1v) is 6.97. The highest BCUT2D eigenvalue weighted by Crippen LogP contribution is 2.33. The van der Waals surface area contributed by atoms with Gasteiger partial charge >= 0.3 is 12.1 Å². The van der Waals surface area contributed by atoms with Crippen LogP contribution in [-0.4, -0.2) is 44.8 Å². The fourth-order valence-corrected chi connectivity index (χ4v) is 2.57. The van der Waals surface area contributed by atoms with Gasteiger partial charge in [-0.15, -0.1) is 0 Å². The predicted molar refractivity (Wildman–Crippen MR) is 72.5 cm³/mol. The number of hydrogen-bond acceptors (Lipinski definition) is 7. The van der Waals surface area contributed by atoms with E-state index in [4.69, 9.17) is 18.9 Å². The third kappa shape index (κ3) is 3.05. The standard InChI is InChI=1S/C15H16O7/c1-18-13(16)9-2-4-10(5-3-9)21-15(17)22-12-8-20-14-11(12)6-7-19-14/h2-5,11-12,14H,6-8H2,1H3/t11-,12-,14?/m0/s1. The molecule has 0 N–H and O–H groups in total. The monoisotopic (exact) mass is 308 g/mol. The number of ether oxygens (including phenoxy) is 5. The van der Waals surface area contributed by atoms with Gasteiger partial charge in [0.05, 0.1) is 31.8 Å². The van der Waals surface area contributed by atoms with Crippen molar-refractivity contribution in [3.8, 4) is 5.75 Å². The quantitative estimate of drug-likeness (QED) is 0.621. The van der Waals surface area contributed by atoms with Gasteiger partial charge in [-0.1, -0.05) is 0 Å². The number of esters is 1. The second-order valence-corrected chi connectivity index (χ2v) is 5.05. The summed E-state index contributed by atoms with van der Waals surface area (Å²) in [6.07, 6.45) is -0.630. The van der Waals surface area contributed by atoms with Gasteiger partial charge in [0.15, 0.2) is 6.29 Å². The summed E-state index contributed by atoms with van der Waals surface area (Å²) in [5.41, 5.74) is 0.373. The molecule has 7 heteroatoms. The number of hydrogen-bond donors (Lipinski definition) is 0. The predicted octanol–water partition coefficient (Wildman–Crippen LogP) is 1.75. The normalized spacial score (nSPS) is 26.3. The number of methoxy groups -OCH3 is 1. The van der Waals surface area contributed by atoms with Crippen molar-refractivity contribution in [3.05, 3.63) is 29.8 Å². The number of carbonyl (C=O) groups is 2. The fraction of sp³-hybridized carbons (Fsp3) is 0.467. The third-order valence-electron chi connectivity index (χ3n) is 3.71. The summed E-state index contributed by atoms with van der Waals surface area (Å²) in [7, 11) is 1.30. The minimum absolute atomic E-state index is 0.0641. The molecule has 2 heterocycles. The van der Waals surface area contributed by atoms with Crippen LogP contribution in [0.15, 0.2) is 24.3 Å². The van der Waals surface area contributed by atoms with Crippen LogP contribution in [0.1, 0.15) is 16.8 Å². The molecule has 118 valence electrons. The fourth-order valence-electron chi connectivity index (χ4n) is 2.57. The Kier molecular flexibility index (Phi) is 4.26. The molecule has 2 aliphatic rings. The molecule has 22 heavy (non-hydrogen) atoms. The zero-order chi connectivity index (χ0) is 15.5. The number of benzene rings is 1. The average molecular weight is 308 g/mol. The van der Waals surface area contributed by atoms with Crippen LogP contribution in [0.2, 0.25) is 0 Å². The lowest BCUT2D eigenvalue weighted by atomic mass is 10.0. The number of carbonyl (C=O) groups excluding carboxylic acids is 2. The zero-order valence-electron chi connectivity index (χ0n) is 12.0. The Hall–Kier alpha value is -2.12. The summed E-state index contributed by atoms with van der Waals surface area (Å²) >= 11 is 0. The van der Waals surface area contributed by atoms with E-state index in [0.717, 1.165) is 6.42 Å². The van der Waals surface area contributed by atoms with E-state index >= 15 is 0 Å². The van der Waals surface area contributed by atoms with E-state index in [0.29, 0.717) is 18.8 Å². The smallest absolute Gasteiger partial charge is 0.465 e. The van der Waals surface area contributed by atoms with E-state index in [1.807, 2.05) is 0 Å². The Bertz CT molecular complexity index is 554. The lowest BCUT2D eigenvalue weighted by Gasteiger charge is -2.15. The van der Waals surface area contributed by atoms with Crippen molar-refractivity contribution < 1.29 is 33.3 Å². The number of rotatable bonds is 3. The summed E-state index contributed by atoms with van der Waals surface area (Å²) < 4.78 is 25.7. The highest BCUT2D eigenvalue weighted by Gasteiger charge is 2.44. The molecule has 0 bridgehead atoms. The van der Waals surface area contributed by atoms with Gasteiger partial charge in [0.2, 0.25) is 0 Å². The molecule has 1 aromatic rings. The molecule has 0 aliphatic carbocycles. The van der Waals surface area contributed by atoms with E-state index < -0.39 is 12.1 Å². The minimum atomic E-state index is -0.799. The highest BCUT2D eigenvalue weighted by molar-refractivity contribution is 5.89. The van der Waals surface area contributed by atoms with Gasteiger partial charge in [-0.05, 0) is 30.7 Å². The Morgan fingerprint density at radius 1 is 1.18 bits per heavy atom. The summed E-state index contributed by atoms with van der Waals surface area (Å²) in [6, 6.07) is 6.02. The van der Waals surface area contributed by atoms with E-state index in [-0.39, 0.29) is 24.1 Å². The van der Waals surface area contributed by atoms with Gasteiger partial charge in [-0.25, -0.2) is 9.59 Å². The molecule has 2 saturated heterocycles. The first-order chi connectivity index (χ1) is 10.7. The first-order valence-electron chi connectivity index (χ1n) is 6.97. The minimum Gasteiger partial charge on any atom is -0.465 e. The maximum atomic E-state index is 11.8. The second kappa shape index (κ2) is 6.33. The van der Waals surface area contributed by atoms with Crippen LogP contribution in [0, 0.1) is 5.92 Å². The molecule has 0 radical (unpaired) electrons. The van der Waals surface area contributed by atoms with E-state index in [1.165, 1.54) is 31.4 Å². The van der Waals surface area contributed by atoms with Crippen LogP contribution in [-0.2, 0) is 18.9 Å². The van der Waals surface area contributed by atoms with Crippen LogP contribution in [0.4, 0.5) is 4.79 Å². The molecule has 2 aliphatic heterocycles. The largest absolute Gasteiger partial charge is 0.514 e. The van der Waals surface area contributed by atoms with Crippen molar-refractivity contribution in [2.45, 2.75) is 18.8 Å². The van der Waals surface area contributed by atoms with Crippen molar-refractivity contribution >= 4 is 12.1 Å². The van der Waals surface area contributed by atoms with Crippen molar-refractivity contribution in [3.63, 3.8) is 0 Å². The molecule has 0 saturated carbocycles. The Balaban J connectivity index is 1.54. The van der Waals surface area contributed by atoms with Crippen LogP contribution < -0.4 is 4.74 Å². The van der Waals surface area contributed by atoms with Gasteiger partial charge in [-0.3, -0.25) is 0 Å². The number of fused-ring (bicyclic) bond motifs is 1. The topological polar surface area (TPSA) is 80.3 Å². The molecule has 0 aromatic heterocycles. The van der Waals surface area contributed by atoms with Crippen LogP contribution >= 0.6 is 0 Å². The molecule has 0 spiro atoms. The molecule has 3 rings (SSSR count). The van der Waals surface area contributed by atoms with Crippen molar-refractivity contribution in [2.75, 3.05) is 20.3 Å². The Morgan fingerprint density at radius 3 is 2.68 bits per heavy atom. The molecular formula is C15H16O7.